The summed E-state index contributed by atoms with van der Waals surface area (Å²) in [6.45, 7) is 8.00. The molecule has 0 aliphatic heterocycles. The van der Waals surface area contributed by atoms with Crippen LogP contribution in [0.5, 0.6) is 0 Å². The number of hydrogen-bond donors (Lipinski definition) is 1. The largest absolute Gasteiger partial charge is 0.457 e. The van der Waals surface area contributed by atoms with Crippen LogP contribution in [0.4, 0.5) is 0 Å². The summed E-state index contributed by atoms with van der Waals surface area (Å²) in [5.41, 5.74) is 3.89. The maximum atomic E-state index is 11.9. The van der Waals surface area contributed by atoms with Crippen LogP contribution in [0.15, 0.2) is 30.4 Å². The zero-order valence-electron chi connectivity index (χ0n) is 21.1. The highest BCUT2D eigenvalue weighted by Crippen LogP contribution is 2.44. The van der Waals surface area contributed by atoms with Gasteiger partial charge in [0.05, 0.1) is 0 Å². The Kier molecular flexibility index (Phi) is 10.5. The molecule has 0 unspecified atom stereocenters. The third-order valence-corrected chi connectivity index (χ3v) is 8.34. The highest BCUT2D eigenvalue weighted by molar-refractivity contribution is 5.86. The summed E-state index contributed by atoms with van der Waals surface area (Å²) >= 11 is 0. The summed E-state index contributed by atoms with van der Waals surface area (Å²) in [4.78, 5) is 11.9. The van der Waals surface area contributed by atoms with Crippen molar-refractivity contribution in [2.75, 3.05) is 6.61 Å². The molecule has 2 aliphatic carbocycles. The van der Waals surface area contributed by atoms with Crippen LogP contribution in [0.25, 0.3) is 0 Å². The van der Waals surface area contributed by atoms with Crippen LogP contribution in [0, 0.1) is 17.8 Å². The minimum absolute atomic E-state index is 0.104. The minimum Gasteiger partial charge on any atom is -0.457 e. The highest BCUT2D eigenvalue weighted by atomic mass is 16.5. The molecule has 1 aromatic carbocycles. The van der Waals surface area contributed by atoms with Crippen molar-refractivity contribution < 1.29 is 14.6 Å². The van der Waals surface area contributed by atoms with Crippen molar-refractivity contribution in [3.8, 4) is 0 Å². The average molecular weight is 455 g/mol. The quantitative estimate of drug-likeness (QED) is 0.214. The van der Waals surface area contributed by atoms with E-state index in [2.05, 4.69) is 31.7 Å². The van der Waals surface area contributed by atoms with E-state index in [4.69, 9.17) is 4.74 Å². The molecule has 3 rings (SSSR count). The molecule has 0 amide bonds. The van der Waals surface area contributed by atoms with Gasteiger partial charge in [0.2, 0.25) is 0 Å². The predicted octanol–water partition coefficient (Wildman–Crippen LogP) is 7.50. The second kappa shape index (κ2) is 13.3. The Balaban J connectivity index is 1.52. The highest BCUT2D eigenvalue weighted by Gasteiger charge is 2.31. The number of carbonyl (C=O) groups excluding carboxylic acids is 1. The first-order valence-corrected chi connectivity index (χ1v) is 13.6. The van der Waals surface area contributed by atoms with Gasteiger partial charge in [-0.05, 0) is 92.2 Å². The van der Waals surface area contributed by atoms with Crippen molar-refractivity contribution in [1.82, 2.24) is 0 Å². The zero-order chi connectivity index (χ0) is 23.6. The van der Waals surface area contributed by atoms with Gasteiger partial charge in [0.15, 0.2) is 0 Å². The predicted molar refractivity (Wildman–Crippen MR) is 136 cm³/mol. The van der Waals surface area contributed by atoms with Gasteiger partial charge >= 0.3 is 5.97 Å². The Hall–Kier alpha value is -1.61. The Morgan fingerprint density at radius 2 is 1.67 bits per heavy atom. The van der Waals surface area contributed by atoms with Gasteiger partial charge in [-0.25, -0.2) is 4.79 Å². The summed E-state index contributed by atoms with van der Waals surface area (Å²) in [7, 11) is 0. The molecule has 1 N–H and O–H groups in total. The molecule has 0 heterocycles. The van der Waals surface area contributed by atoms with E-state index >= 15 is 0 Å². The van der Waals surface area contributed by atoms with Gasteiger partial charge in [-0.15, -0.1) is 0 Å². The minimum atomic E-state index is -0.351. The van der Waals surface area contributed by atoms with Crippen LogP contribution >= 0.6 is 0 Å². The molecule has 184 valence electrons. The van der Waals surface area contributed by atoms with E-state index in [0.29, 0.717) is 17.9 Å². The van der Waals surface area contributed by atoms with E-state index in [1.807, 2.05) is 0 Å². The molecule has 0 saturated heterocycles. The Morgan fingerprint density at radius 1 is 1.00 bits per heavy atom. The van der Waals surface area contributed by atoms with Gasteiger partial charge < -0.3 is 9.84 Å². The maximum absolute atomic E-state index is 11.9. The number of hydrogen-bond acceptors (Lipinski definition) is 3. The maximum Gasteiger partial charge on any atom is 0.333 e. The van der Waals surface area contributed by atoms with Crippen LogP contribution < -0.4 is 0 Å². The monoisotopic (exact) mass is 454 g/mol. The first-order valence-electron chi connectivity index (χ1n) is 13.6. The van der Waals surface area contributed by atoms with Gasteiger partial charge in [-0.2, -0.15) is 0 Å². The molecule has 2 aliphatic rings. The van der Waals surface area contributed by atoms with Gasteiger partial charge in [0.1, 0.15) is 6.61 Å². The lowest BCUT2D eigenvalue weighted by atomic mass is 9.68. The average Bonchev–Trinajstić information content (AvgIpc) is 2.84. The molecule has 0 spiro atoms. The van der Waals surface area contributed by atoms with Gasteiger partial charge in [0.25, 0.3) is 0 Å². The van der Waals surface area contributed by atoms with Crippen molar-refractivity contribution in [2.45, 2.75) is 110 Å². The van der Waals surface area contributed by atoms with Gasteiger partial charge in [-0.3, -0.25) is 0 Å². The number of ether oxygens (including phenoxy) is 1. The van der Waals surface area contributed by atoms with Gasteiger partial charge in [-0.1, -0.05) is 70.2 Å². The standard InChI is InChI=1S/C30H46O3/c1-4-5-6-7-23-8-10-24(11-9-23)25-12-14-26(15-13-25)28-17-16-27(18-19-31)29(20-28)21-33-30(32)22(2)3/h16-17,20,23-26,31H,2,4-15,18-19,21H2,1,3H3. The van der Waals surface area contributed by atoms with E-state index in [-0.39, 0.29) is 19.2 Å². The molecule has 2 fully saturated rings. The van der Waals surface area contributed by atoms with Crippen molar-refractivity contribution in [1.29, 1.82) is 0 Å². The van der Waals surface area contributed by atoms with Crippen LogP contribution in [-0.2, 0) is 22.6 Å². The first kappa shape index (κ1) is 26.0. The van der Waals surface area contributed by atoms with Crippen molar-refractivity contribution >= 4 is 5.97 Å². The third kappa shape index (κ3) is 7.70. The fraction of sp³-hybridized carbons (Fsp3) is 0.700. The van der Waals surface area contributed by atoms with Crippen molar-refractivity contribution in [2.24, 2.45) is 17.8 Å². The SMILES string of the molecule is C=C(C)C(=O)OCc1cc(C2CCC(C3CCC(CCCCC)CC3)CC2)ccc1CCO. The summed E-state index contributed by atoms with van der Waals surface area (Å²) < 4.78 is 5.43. The van der Waals surface area contributed by atoms with Crippen LogP contribution in [0.1, 0.15) is 114 Å². The second-order valence-electron chi connectivity index (χ2n) is 10.7. The summed E-state index contributed by atoms with van der Waals surface area (Å²) in [6, 6.07) is 6.59. The molecular weight excluding hydrogens is 408 g/mol. The summed E-state index contributed by atoms with van der Waals surface area (Å²) in [6.07, 6.45) is 17.3. The van der Waals surface area contributed by atoms with Crippen LogP contribution in [0.2, 0.25) is 0 Å². The lowest BCUT2D eigenvalue weighted by Gasteiger charge is -2.38. The topological polar surface area (TPSA) is 46.5 Å². The van der Waals surface area contributed by atoms with E-state index < -0.39 is 0 Å². The number of unbranched alkanes of at least 4 members (excludes halogenated alkanes) is 2. The number of carbonyl (C=O) groups is 1. The van der Waals surface area contributed by atoms with Crippen LogP contribution in [-0.4, -0.2) is 17.7 Å². The zero-order valence-corrected chi connectivity index (χ0v) is 21.1. The molecule has 0 bridgehead atoms. The van der Waals surface area contributed by atoms with Crippen molar-refractivity contribution in [3.05, 3.63) is 47.0 Å². The molecule has 3 nitrogen and oxygen atoms in total. The van der Waals surface area contributed by atoms with Crippen LogP contribution in [0.3, 0.4) is 0 Å². The molecule has 0 radical (unpaired) electrons. The molecule has 2 saturated carbocycles. The Morgan fingerprint density at radius 3 is 2.27 bits per heavy atom. The first-order chi connectivity index (χ1) is 16.0. The fourth-order valence-electron chi connectivity index (χ4n) is 6.22. The number of esters is 1. The molecular formula is C30H46O3. The molecule has 0 atom stereocenters. The van der Waals surface area contributed by atoms with Crippen molar-refractivity contribution in [3.63, 3.8) is 0 Å². The Labute approximate surface area is 202 Å². The number of benzene rings is 1. The molecule has 3 heteroatoms. The third-order valence-electron chi connectivity index (χ3n) is 8.34. The lowest BCUT2D eigenvalue weighted by molar-refractivity contribution is -0.140. The molecule has 33 heavy (non-hydrogen) atoms. The number of rotatable bonds is 11. The molecule has 1 aromatic rings. The fourth-order valence-corrected chi connectivity index (χ4v) is 6.22. The van der Waals surface area contributed by atoms with Gasteiger partial charge in [0, 0.05) is 12.2 Å². The number of aliphatic hydroxyl groups is 1. The van der Waals surface area contributed by atoms with E-state index in [1.165, 1.54) is 82.6 Å². The van der Waals surface area contributed by atoms with E-state index in [0.717, 1.165) is 28.9 Å². The smallest absolute Gasteiger partial charge is 0.333 e. The molecule has 0 aromatic heterocycles. The lowest BCUT2D eigenvalue weighted by Crippen LogP contribution is -2.25. The van der Waals surface area contributed by atoms with E-state index in [9.17, 15) is 9.90 Å². The summed E-state index contributed by atoms with van der Waals surface area (Å²) in [5, 5.41) is 9.43. The van der Waals surface area contributed by atoms with E-state index in [1.54, 1.807) is 6.92 Å². The second-order valence-corrected chi connectivity index (χ2v) is 10.7. The normalized spacial score (nSPS) is 25.5. The Bertz CT molecular complexity index is 752. The summed E-state index contributed by atoms with van der Waals surface area (Å²) in [5.74, 6) is 3.13. The number of aliphatic hydroxyl groups excluding tert-OH is 1.